The van der Waals surface area contributed by atoms with Crippen molar-refractivity contribution in [1.82, 2.24) is 14.6 Å². The van der Waals surface area contributed by atoms with Crippen molar-refractivity contribution in [3.63, 3.8) is 0 Å². The molecular formula is C15H16ClN5O. The molecule has 6 nitrogen and oxygen atoms in total. The molecule has 22 heavy (non-hydrogen) atoms. The molecule has 0 aliphatic carbocycles. The summed E-state index contributed by atoms with van der Waals surface area (Å²) in [5, 5.41) is 8.26. The van der Waals surface area contributed by atoms with Gasteiger partial charge in [-0.3, -0.25) is 0 Å². The topological polar surface area (TPSA) is 77.5 Å². The number of methoxy groups -OCH3 is 1. The van der Waals surface area contributed by atoms with E-state index in [0.717, 1.165) is 23.8 Å². The second kappa shape index (κ2) is 6.11. The van der Waals surface area contributed by atoms with Crippen molar-refractivity contribution in [2.24, 2.45) is 0 Å². The number of halogens is 1. The molecule has 1 aromatic carbocycles. The van der Waals surface area contributed by atoms with Crippen molar-refractivity contribution >= 4 is 29.0 Å². The van der Waals surface area contributed by atoms with Crippen LogP contribution < -0.4 is 15.8 Å². The summed E-state index contributed by atoms with van der Waals surface area (Å²) >= 11 is 5.88. The monoisotopic (exact) mass is 317 g/mol. The van der Waals surface area contributed by atoms with Crippen molar-refractivity contribution in [3.8, 4) is 5.75 Å². The van der Waals surface area contributed by atoms with E-state index in [4.69, 9.17) is 22.1 Å². The number of nitrogens with zero attached hydrogens (tertiary/aromatic N) is 3. The fourth-order valence-electron chi connectivity index (χ4n) is 2.23. The van der Waals surface area contributed by atoms with Crippen LogP contribution in [0.3, 0.4) is 0 Å². The van der Waals surface area contributed by atoms with Gasteiger partial charge in [0.15, 0.2) is 5.75 Å². The van der Waals surface area contributed by atoms with Gasteiger partial charge in [-0.05, 0) is 36.2 Å². The first-order chi connectivity index (χ1) is 10.7. The Labute approximate surface area is 132 Å². The fraction of sp³-hybridized carbons (Fsp3) is 0.200. The lowest BCUT2D eigenvalue weighted by Gasteiger charge is -2.09. The van der Waals surface area contributed by atoms with Crippen LogP contribution in [0.1, 0.15) is 5.56 Å². The van der Waals surface area contributed by atoms with Crippen LogP contribution >= 0.6 is 11.6 Å². The maximum absolute atomic E-state index is 5.88. The number of anilines is 2. The zero-order valence-corrected chi connectivity index (χ0v) is 12.8. The molecule has 7 heteroatoms. The molecule has 2 aromatic heterocycles. The van der Waals surface area contributed by atoms with Gasteiger partial charge in [0.25, 0.3) is 0 Å². The summed E-state index contributed by atoms with van der Waals surface area (Å²) in [6, 6.07) is 11.5. The lowest BCUT2D eigenvalue weighted by molar-refractivity contribution is 0.416. The zero-order chi connectivity index (χ0) is 15.5. The highest BCUT2D eigenvalue weighted by atomic mass is 35.5. The van der Waals surface area contributed by atoms with Crippen molar-refractivity contribution in [2.75, 3.05) is 24.7 Å². The van der Waals surface area contributed by atoms with E-state index in [1.165, 1.54) is 5.56 Å². The molecule has 3 aromatic rings. The van der Waals surface area contributed by atoms with Crippen molar-refractivity contribution in [1.29, 1.82) is 0 Å². The quantitative estimate of drug-likeness (QED) is 0.756. The summed E-state index contributed by atoms with van der Waals surface area (Å²) in [5.74, 6) is 1.66. The van der Waals surface area contributed by atoms with Gasteiger partial charge in [0.1, 0.15) is 5.82 Å². The standard InChI is InChI=1S/C15H16ClN5O/c1-22-12-6-7-13(21-14(12)19-15(17)20-21)18-9-8-10-2-4-11(16)5-3-10/h2-7,18H,8-9H2,1H3,(H2,17,20). The molecule has 0 unspecified atom stereocenters. The van der Waals surface area contributed by atoms with Crippen LogP contribution in [0, 0.1) is 0 Å². The van der Waals surface area contributed by atoms with Gasteiger partial charge in [0.05, 0.1) is 7.11 Å². The number of nitrogen functional groups attached to an aromatic ring is 1. The minimum absolute atomic E-state index is 0.213. The van der Waals surface area contributed by atoms with Crippen molar-refractivity contribution in [2.45, 2.75) is 6.42 Å². The van der Waals surface area contributed by atoms with Gasteiger partial charge in [-0.25, -0.2) is 0 Å². The fourth-order valence-corrected chi connectivity index (χ4v) is 2.36. The first-order valence-electron chi connectivity index (χ1n) is 6.85. The van der Waals surface area contributed by atoms with Crippen LogP contribution in [-0.4, -0.2) is 28.3 Å². The summed E-state index contributed by atoms with van der Waals surface area (Å²) in [5.41, 5.74) is 7.48. The number of aromatic nitrogens is 3. The molecule has 114 valence electrons. The Kier molecular flexibility index (Phi) is 4.02. The molecular weight excluding hydrogens is 302 g/mol. The lowest BCUT2D eigenvalue weighted by atomic mass is 10.1. The molecule has 3 rings (SSSR count). The average molecular weight is 318 g/mol. The van der Waals surface area contributed by atoms with E-state index in [2.05, 4.69) is 15.4 Å². The molecule has 0 spiro atoms. The van der Waals surface area contributed by atoms with E-state index in [-0.39, 0.29) is 5.95 Å². The number of hydrogen-bond donors (Lipinski definition) is 2. The number of ether oxygens (including phenoxy) is 1. The van der Waals surface area contributed by atoms with E-state index < -0.39 is 0 Å². The SMILES string of the molecule is COc1ccc(NCCc2ccc(Cl)cc2)n2nc(N)nc12. The van der Waals surface area contributed by atoms with Crippen molar-refractivity contribution in [3.05, 3.63) is 47.0 Å². The second-order valence-electron chi connectivity index (χ2n) is 4.80. The smallest absolute Gasteiger partial charge is 0.240 e. The molecule has 0 aliphatic rings. The molecule has 0 amide bonds. The molecule has 0 radical (unpaired) electrons. The number of hydrogen-bond acceptors (Lipinski definition) is 5. The molecule has 0 fully saturated rings. The number of rotatable bonds is 5. The van der Waals surface area contributed by atoms with Gasteiger partial charge in [0, 0.05) is 11.6 Å². The first-order valence-corrected chi connectivity index (χ1v) is 7.23. The third kappa shape index (κ3) is 2.92. The van der Waals surface area contributed by atoms with E-state index >= 15 is 0 Å². The molecule has 3 N–H and O–H groups in total. The predicted molar refractivity (Wildman–Crippen MR) is 87.6 cm³/mol. The summed E-state index contributed by atoms with van der Waals surface area (Å²) < 4.78 is 6.91. The Hall–Kier alpha value is -2.47. The third-order valence-electron chi connectivity index (χ3n) is 3.32. The number of fused-ring (bicyclic) bond motifs is 1. The van der Waals surface area contributed by atoms with Gasteiger partial charge in [-0.2, -0.15) is 9.50 Å². The number of nitrogens with one attached hydrogen (secondary N) is 1. The number of pyridine rings is 1. The number of benzene rings is 1. The molecule has 0 saturated carbocycles. The summed E-state index contributed by atoms with van der Waals surface area (Å²) in [6.45, 7) is 0.753. The highest BCUT2D eigenvalue weighted by Crippen LogP contribution is 2.22. The lowest BCUT2D eigenvalue weighted by Crippen LogP contribution is -2.09. The zero-order valence-electron chi connectivity index (χ0n) is 12.1. The van der Waals surface area contributed by atoms with Gasteiger partial charge in [0.2, 0.25) is 11.6 Å². The maximum Gasteiger partial charge on any atom is 0.240 e. The Balaban J connectivity index is 1.75. The van der Waals surface area contributed by atoms with Gasteiger partial charge in [-0.1, -0.05) is 23.7 Å². The van der Waals surface area contributed by atoms with E-state index in [0.29, 0.717) is 11.4 Å². The summed E-state index contributed by atoms with van der Waals surface area (Å²) in [6.07, 6.45) is 0.870. The first kappa shape index (κ1) is 14.5. The highest BCUT2D eigenvalue weighted by Gasteiger charge is 2.10. The third-order valence-corrected chi connectivity index (χ3v) is 3.57. The van der Waals surface area contributed by atoms with Crippen LogP contribution in [0.15, 0.2) is 36.4 Å². The normalized spacial score (nSPS) is 10.8. The molecule has 0 atom stereocenters. The van der Waals surface area contributed by atoms with E-state index in [9.17, 15) is 0 Å². The van der Waals surface area contributed by atoms with E-state index in [1.54, 1.807) is 11.6 Å². The molecule has 2 heterocycles. The second-order valence-corrected chi connectivity index (χ2v) is 5.23. The molecule has 0 aliphatic heterocycles. The van der Waals surface area contributed by atoms with Crippen LogP contribution in [-0.2, 0) is 6.42 Å². The van der Waals surface area contributed by atoms with Gasteiger partial charge in [-0.15, -0.1) is 5.10 Å². The summed E-state index contributed by atoms with van der Waals surface area (Å²) in [7, 11) is 1.59. The van der Waals surface area contributed by atoms with Crippen LogP contribution in [0.2, 0.25) is 5.02 Å². The average Bonchev–Trinajstić information content (AvgIpc) is 2.91. The Morgan fingerprint density at radius 1 is 1.23 bits per heavy atom. The summed E-state index contributed by atoms with van der Waals surface area (Å²) in [4.78, 5) is 4.17. The Morgan fingerprint density at radius 3 is 2.73 bits per heavy atom. The van der Waals surface area contributed by atoms with Gasteiger partial charge >= 0.3 is 0 Å². The molecule has 0 bridgehead atoms. The Bertz CT molecular complexity index is 784. The molecule has 0 saturated heterocycles. The minimum atomic E-state index is 0.213. The van der Waals surface area contributed by atoms with Gasteiger partial charge < -0.3 is 15.8 Å². The number of nitrogens with two attached hydrogens (primary N) is 1. The van der Waals surface area contributed by atoms with Crippen LogP contribution in [0.5, 0.6) is 5.75 Å². The predicted octanol–water partition coefficient (Wildman–Crippen LogP) is 2.63. The van der Waals surface area contributed by atoms with Crippen LogP contribution in [0.4, 0.5) is 11.8 Å². The van der Waals surface area contributed by atoms with Crippen LogP contribution in [0.25, 0.3) is 5.65 Å². The van der Waals surface area contributed by atoms with E-state index in [1.807, 2.05) is 36.4 Å². The Morgan fingerprint density at radius 2 is 2.00 bits per heavy atom. The minimum Gasteiger partial charge on any atom is -0.493 e. The maximum atomic E-state index is 5.88. The largest absolute Gasteiger partial charge is 0.493 e. The van der Waals surface area contributed by atoms with Crippen molar-refractivity contribution < 1.29 is 4.74 Å². The highest BCUT2D eigenvalue weighted by molar-refractivity contribution is 6.30.